The van der Waals surface area contributed by atoms with Crippen LogP contribution in [0.4, 0.5) is 5.82 Å². The van der Waals surface area contributed by atoms with Crippen molar-refractivity contribution in [2.24, 2.45) is 0 Å². The summed E-state index contributed by atoms with van der Waals surface area (Å²) in [5, 5.41) is 3.30. The molecule has 6 nitrogen and oxygen atoms in total. The first-order valence-corrected chi connectivity index (χ1v) is 6.81. The Morgan fingerprint density at radius 3 is 3.05 bits per heavy atom. The highest BCUT2D eigenvalue weighted by Crippen LogP contribution is 2.23. The largest absolute Gasteiger partial charge is 0.472 e. The molecule has 3 rings (SSSR count). The van der Waals surface area contributed by atoms with Gasteiger partial charge in [0.15, 0.2) is 5.82 Å². The van der Waals surface area contributed by atoms with Gasteiger partial charge in [0, 0.05) is 19.6 Å². The fourth-order valence-corrected chi connectivity index (χ4v) is 2.44. The van der Waals surface area contributed by atoms with Gasteiger partial charge < -0.3 is 19.7 Å². The van der Waals surface area contributed by atoms with Gasteiger partial charge in [0.1, 0.15) is 11.8 Å². The minimum atomic E-state index is 0. The molecule has 2 atom stereocenters. The molecule has 112 valence electrons. The third-order valence-electron chi connectivity index (χ3n) is 3.50. The fraction of sp³-hybridized carbons (Fsp3) is 0.692. The number of aromatic nitrogens is 2. The zero-order valence-electron chi connectivity index (χ0n) is 11.8. The second-order valence-electron chi connectivity index (χ2n) is 5.16. The molecule has 1 aromatic rings. The Bertz CT molecular complexity index is 460. The molecule has 3 heterocycles. The third-order valence-corrected chi connectivity index (χ3v) is 3.50. The van der Waals surface area contributed by atoms with E-state index in [-0.39, 0.29) is 18.5 Å². The molecule has 0 bridgehead atoms. The average Bonchev–Trinajstić information content (AvgIpc) is 2.59. The van der Waals surface area contributed by atoms with E-state index in [2.05, 4.69) is 27.1 Å². The van der Waals surface area contributed by atoms with Crippen LogP contribution in [0.25, 0.3) is 0 Å². The van der Waals surface area contributed by atoms with Crippen molar-refractivity contribution in [3.8, 4) is 5.88 Å². The molecule has 2 aliphatic heterocycles. The summed E-state index contributed by atoms with van der Waals surface area (Å²) in [5.74, 6) is 1.54. The Labute approximate surface area is 125 Å². The van der Waals surface area contributed by atoms with Gasteiger partial charge in [-0.3, -0.25) is 4.98 Å². The Balaban J connectivity index is 0.00000147. The number of morpholine rings is 1. The highest BCUT2D eigenvalue weighted by Gasteiger charge is 2.23. The lowest BCUT2D eigenvalue weighted by atomic mass is 10.2. The van der Waals surface area contributed by atoms with Crippen molar-refractivity contribution >= 4 is 18.2 Å². The van der Waals surface area contributed by atoms with E-state index in [4.69, 9.17) is 9.47 Å². The molecule has 0 radical (unpaired) electrons. The van der Waals surface area contributed by atoms with Gasteiger partial charge in [-0.1, -0.05) is 0 Å². The number of halogens is 1. The second kappa shape index (κ2) is 6.56. The monoisotopic (exact) mass is 300 g/mol. The summed E-state index contributed by atoms with van der Waals surface area (Å²) in [6, 6.07) is 0.322. The van der Waals surface area contributed by atoms with Crippen LogP contribution in [-0.4, -0.2) is 48.4 Å². The highest BCUT2D eigenvalue weighted by atomic mass is 35.5. The van der Waals surface area contributed by atoms with Gasteiger partial charge >= 0.3 is 0 Å². The van der Waals surface area contributed by atoms with Gasteiger partial charge in [0.05, 0.1) is 25.5 Å². The quantitative estimate of drug-likeness (QED) is 0.835. The first kappa shape index (κ1) is 15.3. The van der Waals surface area contributed by atoms with Gasteiger partial charge in [0.25, 0.3) is 0 Å². The van der Waals surface area contributed by atoms with Crippen molar-refractivity contribution in [3.05, 3.63) is 11.9 Å². The Morgan fingerprint density at radius 1 is 1.40 bits per heavy atom. The Hall–Kier alpha value is -1.11. The summed E-state index contributed by atoms with van der Waals surface area (Å²) in [6.45, 7) is 8.03. The zero-order valence-corrected chi connectivity index (χ0v) is 12.7. The van der Waals surface area contributed by atoms with Gasteiger partial charge in [-0.05, 0) is 13.8 Å². The number of fused-ring (bicyclic) bond motifs is 1. The maximum Gasteiger partial charge on any atom is 0.239 e. The lowest BCUT2D eigenvalue weighted by Gasteiger charge is -2.34. The summed E-state index contributed by atoms with van der Waals surface area (Å²) >= 11 is 0. The predicted molar refractivity (Wildman–Crippen MR) is 78.7 cm³/mol. The third kappa shape index (κ3) is 3.13. The predicted octanol–water partition coefficient (Wildman–Crippen LogP) is 0.994. The number of ether oxygens (including phenoxy) is 2. The minimum absolute atomic E-state index is 0. The standard InChI is InChI=1S/C13H20N4O2.ClH/c1-9-8-18-4-3-17(9)12-7-15-11-6-14-5-10(2)19-13(11)16-12;/h7,9-10,14H,3-6,8H2,1-2H3;1H/t9-,10+;/m1./s1. The molecule has 20 heavy (non-hydrogen) atoms. The molecule has 0 aliphatic carbocycles. The van der Waals surface area contributed by atoms with Crippen LogP contribution < -0.4 is 15.0 Å². The molecule has 1 aromatic heterocycles. The molecular weight excluding hydrogens is 280 g/mol. The molecule has 7 heteroatoms. The lowest BCUT2D eigenvalue weighted by Crippen LogP contribution is -2.44. The van der Waals surface area contributed by atoms with Crippen molar-refractivity contribution in [1.29, 1.82) is 0 Å². The van der Waals surface area contributed by atoms with E-state index in [1.54, 1.807) is 0 Å². The number of nitrogens with one attached hydrogen (secondary N) is 1. The van der Waals surface area contributed by atoms with Crippen molar-refractivity contribution in [2.75, 3.05) is 31.2 Å². The van der Waals surface area contributed by atoms with Crippen LogP contribution in [0.15, 0.2) is 6.20 Å². The Kier molecular flexibility index (Phi) is 5.01. The van der Waals surface area contributed by atoms with E-state index in [1.165, 1.54) is 0 Å². The van der Waals surface area contributed by atoms with E-state index in [0.29, 0.717) is 18.5 Å². The van der Waals surface area contributed by atoms with Gasteiger partial charge in [-0.25, -0.2) is 0 Å². The van der Waals surface area contributed by atoms with Crippen LogP contribution in [0.3, 0.4) is 0 Å². The number of nitrogens with zero attached hydrogens (tertiary/aromatic N) is 3. The SMILES string of the molecule is C[C@@H]1COCCN1c1cnc2c(n1)O[C@@H](C)CNC2.Cl. The molecule has 1 fully saturated rings. The first-order valence-electron chi connectivity index (χ1n) is 6.81. The van der Waals surface area contributed by atoms with E-state index >= 15 is 0 Å². The smallest absolute Gasteiger partial charge is 0.239 e. The van der Waals surface area contributed by atoms with Gasteiger partial charge in [-0.2, -0.15) is 4.98 Å². The molecule has 0 unspecified atom stereocenters. The molecule has 1 N–H and O–H groups in total. The second-order valence-corrected chi connectivity index (χ2v) is 5.16. The number of hydrogen-bond acceptors (Lipinski definition) is 6. The molecule has 0 aromatic carbocycles. The van der Waals surface area contributed by atoms with Crippen LogP contribution in [0.5, 0.6) is 5.88 Å². The maximum absolute atomic E-state index is 5.83. The van der Waals surface area contributed by atoms with Crippen LogP contribution in [0.1, 0.15) is 19.5 Å². The topological polar surface area (TPSA) is 59.5 Å². The van der Waals surface area contributed by atoms with E-state index in [9.17, 15) is 0 Å². The molecule has 0 amide bonds. The van der Waals surface area contributed by atoms with E-state index < -0.39 is 0 Å². The summed E-state index contributed by atoms with van der Waals surface area (Å²) in [7, 11) is 0. The minimum Gasteiger partial charge on any atom is -0.472 e. The van der Waals surface area contributed by atoms with Crippen molar-refractivity contribution in [3.63, 3.8) is 0 Å². The summed E-state index contributed by atoms with van der Waals surface area (Å²) in [5.41, 5.74) is 0.883. The number of anilines is 1. The summed E-state index contributed by atoms with van der Waals surface area (Å²) in [4.78, 5) is 11.4. The molecule has 0 saturated carbocycles. The van der Waals surface area contributed by atoms with Crippen LogP contribution >= 0.6 is 12.4 Å². The molecule has 2 aliphatic rings. The van der Waals surface area contributed by atoms with Gasteiger partial charge in [0.2, 0.25) is 5.88 Å². The maximum atomic E-state index is 5.83. The van der Waals surface area contributed by atoms with Gasteiger partial charge in [-0.15, -0.1) is 12.4 Å². The number of hydrogen-bond donors (Lipinski definition) is 1. The fourth-order valence-electron chi connectivity index (χ4n) is 2.44. The molecule has 0 spiro atoms. The van der Waals surface area contributed by atoms with Crippen molar-refractivity contribution in [2.45, 2.75) is 32.5 Å². The lowest BCUT2D eigenvalue weighted by molar-refractivity contribution is 0.0983. The summed E-state index contributed by atoms with van der Waals surface area (Å²) in [6.07, 6.45) is 1.95. The normalized spacial score (nSPS) is 26.0. The van der Waals surface area contributed by atoms with Crippen LogP contribution in [0, 0.1) is 0 Å². The molecule has 1 saturated heterocycles. The Morgan fingerprint density at radius 2 is 2.25 bits per heavy atom. The average molecular weight is 301 g/mol. The first-order chi connectivity index (χ1) is 9.24. The van der Waals surface area contributed by atoms with Crippen molar-refractivity contribution < 1.29 is 9.47 Å². The summed E-state index contributed by atoms with van der Waals surface area (Å²) < 4.78 is 11.3. The van der Waals surface area contributed by atoms with Crippen molar-refractivity contribution in [1.82, 2.24) is 15.3 Å². The molecular formula is C13H21ClN4O2. The van der Waals surface area contributed by atoms with Crippen LogP contribution in [-0.2, 0) is 11.3 Å². The van der Waals surface area contributed by atoms with Crippen LogP contribution in [0.2, 0.25) is 0 Å². The highest BCUT2D eigenvalue weighted by molar-refractivity contribution is 5.85. The zero-order chi connectivity index (χ0) is 13.2. The number of rotatable bonds is 1. The van der Waals surface area contributed by atoms with E-state index in [0.717, 1.165) is 37.8 Å². The van der Waals surface area contributed by atoms with E-state index in [1.807, 2.05) is 13.1 Å².